The molecular weight excluding hydrogens is 462 g/mol. The van der Waals surface area contributed by atoms with Gasteiger partial charge in [0.05, 0.1) is 5.75 Å². The molecule has 2 aromatic carbocycles. The van der Waals surface area contributed by atoms with E-state index in [2.05, 4.69) is 42.1 Å². The molecule has 3 rings (SSSR count). The highest BCUT2D eigenvalue weighted by Gasteiger charge is 2.11. The molecule has 0 radical (unpaired) electrons. The zero-order valence-corrected chi connectivity index (χ0v) is 17.7. The quantitative estimate of drug-likeness (QED) is 0.442. The van der Waals surface area contributed by atoms with Crippen molar-refractivity contribution in [1.29, 1.82) is 0 Å². The van der Waals surface area contributed by atoms with Gasteiger partial charge in [0.2, 0.25) is 11.0 Å². The average Bonchev–Trinajstić information content (AvgIpc) is 3.13. The van der Waals surface area contributed by atoms with Crippen LogP contribution in [0.3, 0.4) is 0 Å². The van der Waals surface area contributed by atoms with E-state index in [0.29, 0.717) is 16.0 Å². The normalized spacial score (nSPS) is 10.3. The van der Waals surface area contributed by atoms with Crippen molar-refractivity contribution in [2.75, 3.05) is 11.1 Å². The number of benzene rings is 2. The molecule has 0 aliphatic heterocycles. The minimum Gasteiger partial charge on any atom is -0.334 e. The molecular formula is C18H16BrN5O2S2. The number of aromatic nitrogens is 2. The second kappa shape index (κ2) is 10.2. The van der Waals surface area contributed by atoms with Crippen LogP contribution in [0.2, 0.25) is 0 Å². The predicted octanol–water partition coefficient (Wildman–Crippen LogP) is 4.16. The molecule has 1 heterocycles. The number of amides is 3. The number of carbonyl (C=O) groups excluding carboxylic acids is 2. The molecule has 0 atom stereocenters. The Morgan fingerprint density at radius 1 is 1.07 bits per heavy atom. The fourth-order valence-corrected chi connectivity index (χ4v) is 4.09. The number of anilines is 2. The maximum atomic E-state index is 11.9. The Morgan fingerprint density at radius 3 is 2.68 bits per heavy atom. The molecule has 0 unspecified atom stereocenters. The number of nitrogens with one attached hydrogen (secondary N) is 3. The molecule has 0 spiro atoms. The summed E-state index contributed by atoms with van der Waals surface area (Å²) in [5, 5.41) is 16.8. The molecule has 0 bridgehead atoms. The second-order valence-electron chi connectivity index (χ2n) is 5.51. The summed E-state index contributed by atoms with van der Waals surface area (Å²) < 4.78 is 1.59. The first kappa shape index (κ1) is 20.3. The van der Waals surface area contributed by atoms with Gasteiger partial charge >= 0.3 is 6.03 Å². The van der Waals surface area contributed by atoms with Gasteiger partial charge in [-0.25, -0.2) is 4.79 Å². The van der Waals surface area contributed by atoms with Crippen molar-refractivity contribution in [2.45, 2.75) is 10.9 Å². The van der Waals surface area contributed by atoms with Crippen LogP contribution in [-0.4, -0.2) is 27.9 Å². The molecule has 7 nitrogen and oxygen atoms in total. The first-order valence-corrected chi connectivity index (χ1v) is 10.8. The van der Waals surface area contributed by atoms with E-state index >= 15 is 0 Å². The number of nitrogens with zero attached hydrogens (tertiary/aromatic N) is 2. The standard InChI is InChI=1S/C18H16BrN5O2S2/c19-13-7-4-8-14(9-13)21-17-23-24-18(28-17)27-11-15(25)22-16(26)20-10-12-5-2-1-3-6-12/h1-9H,10-11H2,(H,21,23)(H2,20,22,25,26). The molecule has 144 valence electrons. The van der Waals surface area contributed by atoms with Crippen LogP contribution in [0.25, 0.3) is 0 Å². The predicted molar refractivity (Wildman–Crippen MR) is 115 cm³/mol. The number of hydrogen-bond acceptors (Lipinski definition) is 7. The minimum absolute atomic E-state index is 0.0737. The van der Waals surface area contributed by atoms with Crippen molar-refractivity contribution in [3.05, 3.63) is 64.6 Å². The summed E-state index contributed by atoms with van der Waals surface area (Å²) in [6.45, 7) is 0.355. The van der Waals surface area contributed by atoms with E-state index in [9.17, 15) is 9.59 Å². The highest BCUT2D eigenvalue weighted by atomic mass is 79.9. The third-order valence-electron chi connectivity index (χ3n) is 3.36. The Balaban J connectivity index is 1.41. The Hall–Kier alpha value is -2.43. The molecule has 0 saturated carbocycles. The fourth-order valence-electron chi connectivity index (χ4n) is 2.12. The summed E-state index contributed by atoms with van der Waals surface area (Å²) in [6.07, 6.45) is 0. The highest BCUT2D eigenvalue weighted by molar-refractivity contribution is 9.10. The minimum atomic E-state index is -0.524. The van der Waals surface area contributed by atoms with Crippen LogP contribution < -0.4 is 16.0 Å². The third-order valence-corrected chi connectivity index (χ3v) is 5.82. The largest absolute Gasteiger partial charge is 0.334 e. The molecule has 3 N–H and O–H groups in total. The summed E-state index contributed by atoms with van der Waals surface area (Å²) in [7, 11) is 0. The number of rotatable bonds is 7. The Kier molecular flexibility index (Phi) is 7.40. The van der Waals surface area contributed by atoms with Crippen molar-refractivity contribution in [2.24, 2.45) is 0 Å². The number of carbonyl (C=O) groups is 2. The summed E-state index contributed by atoms with van der Waals surface area (Å²) in [6, 6.07) is 16.6. The molecule has 0 aliphatic carbocycles. The van der Waals surface area contributed by atoms with E-state index in [0.717, 1.165) is 15.7 Å². The van der Waals surface area contributed by atoms with Crippen molar-refractivity contribution >= 4 is 61.8 Å². The SMILES string of the molecule is O=C(CSc1nnc(Nc2cccc(Br)c2)s1)NC(=O)NCc1ccccc1. The number of halogens is 1. The van der Waals surface area contributed by atoms with Gasteiger partial charge in [0.25, 0.3) is 0 Å². The second-order valence-corrected chi connectivity index (χ2v) is 8.63. The fraction of sp³-hybridized carbons (Fsp3) is 0.111. The summed E-state index contributed by atoms with van der Waals surface area (Å²) in [5.74, 6) is -0.322. The third kappa shape index (κ3) is 6.63. The van der Waals surface area contributed by atoms with Crippen molar-refractivity contribution in [3.8, 4) is 0 Å². The van der Waals surface area contributed by atoms with Crippen molar-refractivity contribution < 1.29 is 9.59 Å². The molecule has 10 heteroatoms. The zero-order chi connectivity index (χ0) is 19.8. The molecule has 0 fully saturated rings. The monoisotopic (exact) mass is 477 g/mol. The van der Waals surface area contributed by atoms with Gasteiger partial charge in [-0.1, -0.05) is 75.4 Å². The van der Waals surface area contributed by atoms with Gasteiger partial charge in [-0.05, 0) is 23.8 Å². The number of urea groups is 1. The summed E-state index contributed by atoms with van der Waals surface area (Å²) >= 11 is 5.97. The van der Waals surface area contributed by atoms with E-state index < -0.39 is 11.9 Å². The van der Waals surface area contributed by atoms with E-state index in [1.165, 1.54) is 23.1 Å². The Bertz CT molecular complexity index is 952. The molecule has 0 aliphatic rings. The van der Waals surface area contributed by atoms with Crippen LogP contribution in [0.5, 0.6) is 0 Å². The molecule has 3 aromatic rings. The number of thioether (sulfide) groups is 1. The van der Waals surface area contributed by atoms with Gasteiger partial charge in [-0.3, -0.25) is 10.1 Å². The van der Waals surface area contributed by atoms with Crippen LogP contribution in [-0.2, 0) is 11.3 Å². The van der Waals surface area contributed by atoms with Crippen LogP contribution in [0.4, 0.5) is 15.6 Å². The first-order chi connectivity index (χ1) is 13.6. The maximum absolute atomic E-state index is 11.9. The van der Waals surface area contributed by atoms with Crippen molar-refractivity contribution in [1.82, 2.24) is 20.8 Å². The molecule has 3 amide bonds. The Labute approximate surface area is 178 Å². The van der Waals surface area contributed by atoms with Crippen LogP contribution >= 0.6 is 39.0 Å². The summed E-state index contributed by atoms with van der Waals surface area (Å²) in [4.78, 5) is 23.7. The van der Waals surface area contributed by atoms with Gasteiger partial charge in [0, 0.05) is 16.7 Å². The lowest BCUT2D eigenvalue weighted by Crippen LogP contribution is -2.39. The number of imide groups is 1. The number of hydrogen-bond donors (Lipinski definition) is 3. The van der Waals surface area contributed by atoms with Crippen LogP contribution in [0.15, 0.2) is 63.4 Å². The van der Waals surface area contributed by atoms with E-state index in [1.54, 1.807) is 0 Å². The van der Waals surface area contributed by atoms with Gasteiger partial charge < -0.3 is 10.6 Å². The van der Waals surface area contributed by atoms with Gasteiger partial charge in [0.15, 0.2) is 4.34 Å². The maximum Gasteiger partial charge on any atom is 0.321 e. The van der Waals surface area contributed by atoms with Gasteiger partial charge in [-0.15, -0.1) is 10.2 Å². The highest BCUT2D eigenvalue weighted by Crippen LogP contribution is 2.28. The smallest absolute Gasteiger partial charge is 0.321 e. The van der Waals surface area contributed by atoms with Gasteiger partial charge in [0.1, 0.15) is 0 Å². The van der Waals surface area contributed by atoms with Gasteiger partial charge in [-0.2, -0.15) is 0 Å². The lowest BCUT2D eigenvalue weighted by molar-refractivity contribution is -0.117. The molecule has 1 aromatic heterocycles. The van der Waals surface area contributed by atoms with E-state index in [1.807, 2.05) is 54.6 Å². The van der Waals surface area contributed by atoms with Crippen LogP contribution in [0, 0.1) is 0 Å². The lowest BCUT2D eigenvalue weighted by Gasteiger charge is -2.06. The first-order valence-electron chi connectivity index (χ1n) is 8.19. The van der Waals surface area contributed by atoms with Crippen LogP contribution in [0.1, 0.15) is 5.56 Å². The zero-order valence-electron chi connectivity index (χ0n) is 14.5. The lowest BCUT2D eigenvalue weighted by atomic mass is 10.2. The van der Waals surface area contributed by atoms with E-state index in [-0.39, 0.29) is 5.75 Å². The molecule has 0 saturated heterocycles. The topological polar surface area (TPSA) is 96.0 Å². The molecule has 28 heavy (non-hydrogen) atoms. The van der Waals surface area contributed by atoms with E-state index in [4.69, 9.17) is 0 Å². The van der Waals surface area contributed by atoms with Crippen molar-refractivity contribution in [3.63, 3.8) is 0 Å². The summed E-state index contributed by atoms with van der Waals surface area (Å²) in [5.41, 5.74) is 1.84. The average molecular weight is 478 g/mol. The Morgan fingerprint density at radius 2 is 1.89 bits per heavy atom.